The average molecular weight is 354 g/mol. The fourth-order valence-corrected chi connectivity index (χ4v) is 2.11. The van der Waals surface area contributed by atoms with E-state index in [4.69, 9.17) is 28.0 Å². The summed E-state index contributed by atoms with van der Waals surface area (Å²) in [5.41, 5.74) is 0.581. The fourth-order valence-electron chi connectivity index (χ4n) is 1.82. The molecule has 2 rings (SSSR count). The second kappa shape index (κ2) is 6.72. The highest BCUT2D eigenvalue weighted by Gasteiger charge is 2.20. The minimum absolute atomic E-state index is 0.0532. The molecule has 122 valence electrons. The van der Waals surface area contributed by atoms with Crippen molar-refractivity contribution in [1.29, 1.82) is 0 Å². The second-order valence-corrected chi connectivity index (χ2v) is 6.80. The highest BCUT2D eigenvalue weighted by atomic mass is 35.5. The molecule has 0 radical (unpaired) electrons. The van der Waals surface area contributed by atoms with Gasteiger partial charge in [-0.3, -0.25) is 4.79 Å². The summed E-state index contributed by atoms with van der Waals surface area (Å²) in [6, 6.07) is 7.16. The largest absolute Gasteiger partial charge is 0.353 e. The van der Waals surface area contributed by atoms with Crippen LogP contribution in [0.3, 0.4) is 0 Å². The van der Waals surface area contributed by atoms with E-state index >= 15 is 0 Å². The van der Waals surface area contributed by atoms with Gasteiger partial charge in [-0.05, 0) is 45.4 Å². The molecule has 23 heavy (non-hydrogen) atoms. The zero-order valence-corrected chi connectivity index (χ0v) is 14.8. The Morgan fingerprint density at radius 3 is 2.39 bits per heavy atom. The third-order valence-corrected chi connectivity index (χ3v) is 3.67. The van der Waals surface area contributed by atoms with Crippen molar-refractivity contribution in [3.8, 4) is 5.75 Å². The van der Waals surface area contributed by atoms with Gasteiger partial charge in [-0.25, -0.2) is 4.68 Å². The van der Waals surface area contributed by atoms with Gasteiger partial charge in [0.1, 0.15) is 0 Å². The van der Waals surface area contributed by atoms with Crippen LogP contribution in [0.5, 0.6) is 5.75 Å². The highest BCUT2D eigenvalue weighted by molar-refractivity contribution is 6.31. The van der Waals surface area contributed by atoms with Crippen molar-refractivity contribution in [2.45, 2.75) is 33.2 Å². The van der Waals surface area contributed by atoms with Crippen molar-refractivity contribution in [2.24, 2.45) is 5.16 Å². The number of oxime groups is 1. The Bertz CT molecular complexity index is 790. The summed E-state index contributed by atoms with van der Waals surface area (Å²) < 4.78 is 1.30. The molecule has 0 spiro atoms. The Morgan fingerprint density at radius 1 is 1.22 bits per heavy atom. The zero-order valence-electron chi connectivity index (χ0n) is 13.3. The maximum atomic E-state index is 12.2. The molecular weight excluding hydrogens is 337 g/mol. The van der Waals surface area contributed by atoms with E-state index in [1.165, 1.54) is 10.9 Å². The quantitative estimate of drug-likeness (QED) is 0.616. The van der Waals surface area contributed by atoms with Gasteiger partial charge in [-0.1, -0.05) is 40.5 Å². The van der Waals surface area contributed by atoms with Crippen LogP contribution in [0.1, 0.15) is 33.3 Å². The summed E-state index contributed by atoms with van der Waals surface area (Å²) in [7, 11) is 0. The van der Waals surface area contributed by atoms with Crippen LogP contribution in [0.4, 0.5) is 0 Å². The van der Waals surface area contributed by atoms with E-state index in [9.17, 15) is 4.79 Å². The van der Waals surface area contributed by atoms with Crippen molar-refractivity contribution in [3.63, 3.8) is 0 Å². The summed E-state index contributed by atoms with van der Waals surface area (Å²) in [5.74, 6) is 0.116. The van der Waals surface area contributed by atoms with Gasteiger partial charge in [0.15, 0.2) is 5.02 Å². The molecule has 1 aromatic heterocycles. The molecule has 0 amide bonds. The number of halogens is 2. The summed E-state index contributed by atoms with van der Waals surface area (Å²) in [6.45, 7) is 7.37. The van der Waals surface area contributed by atoms with Crippen LogP contribution in [-0.2, 0) is 5.54 Å². The van der Waals surface area contributed by atoms with Gasteiger partial charge < -0.3 is 4.84 Å². The first-order chi connectivity index (χ1) is 10.7. The third kappa shape index (κ3) is 4.12. The predicted molar refractivity (Wildman–Crippen MR) is 92.8 cm³/mol. The maximum Gasteiger partial charge on any atom is 0.289 e. The standard InChI is InChI=1S/C16H17Cl2N3O2/c1-10(11-5-7-12(17)8-6-11)20-23-13-9-19-21(16(2,3)4)15(22)14(13)18/h5-9H,1-4H3/b20-10+. The summed E-state index contributed by atoms with van der Waals surface area (Å²) in [5, 5.41) is 8.66. The topological polar surface area (TPSA) is 56.5 Å². The molecule has 0 aliphatic carbocycles. The van der Waals surface area contributed by atoms with Crippen LogP contribution in [0.25, 0.3) is 0 Å². The van der Waals surface area contributed by atoms with E-state index in [1.807, 2.05) is 32.9 Å². The minimum atomic E-state index is -0.470. The van der Waals surface area contributed by atoms with E-state index in [0.717, 1.165) is 5.56 Å². The lowest BCUT2D eigenvalue weighted by Crippen LogP contribution is -2.36. The molecule has 0 aliphatic rings. The number of nitrogens with zero attached hydrogens (tertiary/aromatic N) is 3. The first kappa shape index (κ1) is 17.5. The number of aromatic nitrogens is 2. The van der Waals surface area contributed by atoms with Crippen LogP contribution in [0, 0.1) is 0 Å². The lowest BCUT2D eigenvalue weighted by atomic mass is 10.1. The summed E-state index contributed by atoms with van der Waals surface area (Å²) >= 11 is 11.9. The number of hydrogen-bond donors (Lipinski definition) is 0. The van der Waals surface area contributed by atoms with Gasteiger partial charge in [-0.15, -0.1) is 0 Å². The normalized spacial score (nSPS) is 12.3. The van der Waals surface area contributed by atoms with Crippen LogP contribution in [0.2, 0.25) is 10.0 Å². The van der Waals surface area contributed by atoms with Gasteiger partial charge in [0.05, 0.1) is 17.4 Å². The van der Waals surface area contributed by atoms with Crippen molar-refractivity contribution < 1.29 is 4.84 Å². The van der Waals surface area contributed by atoms with Crippen molar-refractivity contribution >= 4 is 28.9 Å². The molecular formula is C16H17Cl2N3O2. The zero-order chi connectivity index (χ0) is 17.2. The van der Waals surface area contributed by atoms with E-state index in [-0.39, 0.29) is 10.8 Å². The predicted octanol–water partition coefficient (Wildman–Crippen LogP) is 4.11. The van der Waals surface area contributed by atoms with Gasteiger partial charge in [0.2, 0.25) is 5.75 Å². The first-order valence-electron chi connectivity index (χ1n) is 6.96. The Kier molecular flexibility index (Phi) is 5.12. The Labute approximate surface area is 144 Å². The van der Waals surface area contributed by atoms with Gasteiger partial charge >= 0.3 is 0 Å². The number of benzene rings is 1. The highest BCUT2D eigenvalue weighted by Crippen LogP contribution is 2.21. The molecule has 1 heterocycles. The van der Waals surface area contributed by atoms with Crippen LogP contribution in [0.15, 0.2) is 40.4 Å². The summed E-state index contributed by atoms with van der Waals surface area (Å²) in [4.78, 5) is 17.5. The van der Waals surface area contributed by atoms with Gasteiger partial charge in [0.25, 0.3) is 5.56 Å². The molecule has 2 aromatic rings. The molecule has 7 heteroatoms. The SMILES string of the molecule is C/C(=N\Oc1cnn(C(C)(C)C)c(=O)c1Cl)c1ccc(Cl)cc1. The summed E-state index contributed by atoms with van der Waals surface area (Å²) in [6.07, 6.45) is 1.38. The fraction of sp³-hybridized carbons (Fsp3) is 0.312. The van der Waals surface area contributed by atoms with Crippen LogP contribution < -0.4 is 10.4 Å². The average Bonchev–Trinajstić information content (AvgIpc) is 2.48. The Hall–Kier alpha value is -1.85. The number of hydrogen-bond acceptors (Lipinski definition) is 4. The van der Waals surface area contributed by atoms with E-state index in [1.54, 1.807) is 19.1 Å². The minimum Gasteiger partial charge on any atom is -0.353 e. The lowest BCUT2D eigenvalue weighted by molar-refractivity contribution is 0.313. The lowest BCUT2D eigenvalue weighted by Gasteiger charge is -2.20. The van der Waals surface area contributed by atoms with Crippen molar-refractivity contribution in [3.05, 3.63) is 56.4 Å². The smallest absolute Gasteiger partial charge is 0.289 e. The Balaban J connectivity index is 2.27. The van der Waals surface area contributed by atoms with E-state index in [2.05, 4.69) is 10.3 Å². The van der Waals surface area contributed by atoms with Gasteiger partial charge in [-0.2, -0.15) is 5.10 Å². The molecule has 1 aromatic carbocycles. The molecule has 0 unspecified atom stereocenters. The molecule has 0 N–H and O–H groups in total. The first-order valence-corrected chi connectivity index (χ1v) is 7.71. The molecule has 0 fully saturated rings. The van der Waals surface area contributed by atoms with E-state index in [0.29, 0.717) is 10.7 Å². The third-order valence-electron chi connectivity index (χ3n) is 3.07. The monoisotopic (exact) mass is 353 g/mol. The van der Waals surface area contributed by atoms with E-state index < -0.39 is 11.1 Å². The van der Waals surface area contributed by atoms with Crippen molar-refractivity contribution in [2.75, 3.05) is 0 Å². The van der Waals surface area contributed by atoms with Crippen LogP contribution >= 0.6 is 23.2 Å². The van der Waals surface area contributed by atoms with Crippen LogP contribution in [-0.4, -0.2) is 15.5 Å². The number of rotatable bonds is 3. The Morgan fingerprint density at radius 2 is 1.83 bits per heavy atom. The molecule has 0 bridgehead atoms. The molecule has 0 atom stereocenters. The maximum absolute atomic E-state index is 12.2. The molecule has 0 saturated carbocycles. The van der Waals surface area contributed by atoms with Gasteiger partial charge in [0, 0.05) is 5.02 Å². The molecule has 0 saturated heterocycles. The molecule has 0 aliphatic heterocycles. The van der Waals surface area contributed by atoms with Crippen molar-refractivity contribution in [1.82, 2.24) is 9.78 Å². The molecule has 5 nitrogen and oxygen atoms in total. The second-order valence-electron chi connectivity index (χ2n) is 5.99.